The van der Waals surface area contributed by atoms with Gasteiger partial charge < -0.3 is 15.4 Å². The van der Waals surface area contributed by atoms with Gasteiger partial charge in [0.1, 0.15) is 17.3 Å². The van der Waals surface area contributed by atoms with Crippen molar-refractivity contribution in [3.63, 3.8) is 0 Å². The van der Waals surface area contributed by atoms with Gasteiger partial charge in [-0.25, -0.2) is 9.37 Å². The number of halogens is 1. The average Bonchev–Trinajstić information content (AvgIpc) is 3.22. The number of ether oxygens (including phenoxy) is 1. The minimum atomic E-state index is -0.428. The molecule has 3 rings (SSSR count). The van der Waals surface area contributed by atoms with Gasteiger partial charge in [0.05, 0.1) is 0 Å². The van der Waals surface area contributed by atoms with E-state index in [1.165, 1.54) is 17.4 Å². The maximum Gasteiger partial charge on any atom is 0.270 e. The first-order valence-corrected chi connectivity index (χ1v) is 12.9. The van der Waals surface area contributed by atoms with Crippen LogP contribution in [0.25, 0.3) is 0 Å². The van der Waals surface area contributed by atoms with Gasteiger partial charge in [-0.05, 0) is 55.6 Å². The van der Waals surface area contributed by atoms with E-state index in [2.05, 4.69) is 43.3 Å². The third kappa shape index (κ3) is 8.38. The van der Waals surface area contributed by atoms with Crippen LogP contribution in [0.15, 0.2) is 29.6 Å². The minimum Gasteiger partial charge on any atom is -0.483 e. The summed E-state index contributed by atoms with van der Waals surface area (Å²) in [7, 11) is 0. The molecular weight excluding hydrogens is 453 g/mol. The summed E-state index contributed by atoms with van der Waals surface area (Å²) in [6.07, 6.45) is 4.92. The fraction of sp³-hybridized carbons (Fsp3) is 0.577. The number of thiazole rings is 1. The maximum atomic E-state index is 13.7. The zero-order chi connectivity index (χ0) is 24.7. The van der Waals surface area contributed by atoms with Gasteiger partial charge in [0.25, 0.3) is 5.91 Å². The van der Waals surface area contributed by atoms with Gasteiger partial charge in [0.2, 0.25) is 5.91 Å². The molecule has 2 aromatic rings. The predicted molar refractivity (Wildman–Crippen MR) is 132 cm³/mol. The van der Waals surface area contributed by atoms with Crippen molar-refractivity contribution < 1.29 is 18.7 Å². The Labute approximate surface area is 205 Å². The SMILES string of the molecule is C[C@@H](CC(=O)NC1CCC(NC(=O)c2csc(COc3ccccc3F)n2)CC1)CC(C)(C)C. The molecule has 0 unspecified atom stereocenters. The first kappa shape index (κ1) is 26.1. The summed E-state index contributed by atoms with van der Waals surface area (Å²) in [5.74, 6) is 0.00363. The molecule has 0 saturated heterocycles. The number of hydrogen-bond donors (Lipinski definition) is 2. The van der Waals surface area contributed by atoms with Crippen LogP contribution in [0.1, 0.15) is 81.7 Å². The summed E-state index contributed by atoms with van der Waals surface area (Å²) in [5.41, 5.74) is 0.571. The van der Waals surface area contributed by atoms with Gasteiger partial charge in [0.15, 0.2) is 11.6 Å². The number of para-hydroxylation sites is 1. The molecule has 0 spiro atoms. The Bertz CT molecular complexity index is 964. The Balaban J connectivity index is 1.38. The second-order valence-electron chi connectivity index (χ2n) is 10.5. The number of amides is 2. The average molecular weight is 490 g/mol. The largest absolute Gasteiger partial charge is 0.483 e. The van der Waals surface area contributed by atoms with E-state index < -0.39 is 5.82 Å². The summed E-state index contributed by atoms with van der Waals surface area (Å²) < 4.78 is 19.1. The number of hydrogen-bond acceptors (Lipinski definition) is 5. The lowest BCUT2D eigenvalue weighted by Crippen LogP contribution is -2.44. The van der Waals surface area contributed by atoms with Crippen LogP contribution >= 0.6 is 11.3 Å². The van der Waals surface area contributed by atoms with E-state index in [0.717, 1.165) is 32.1 Å². The first-order chi connectivity index (χ1) is 16.1. The van der Waals surface area contributed by atoms with Crippen molar-refractivity contribution in [1.29, 1.82) is 0 Å². The zero-order valence-corrected chi connectivity index (χ0v) is 21.3. The summed E-state index contributed by atoms with van der Waals surface area (Å²) >= 11 is 1.31. The molecule has 2 amide bonds. The minimum absolute atomic E-state index is 0.0697. The third-order valence-electron chi connectivity index (χ3n) is 5.89. The topological polar surface area (TPSA) is 80.3 Å². The zero-order valence-electron chi connectivity index (χ0n) is 20.5. The highest BCUT2D eigenvalue weighted by Crippen LogP contribution is 2.26. The van der Waals surface area contributed by atoms with E-state index >= 15 is 0 Å². The van der Waals surface area contributed by atoms with Gasteiger partial charge in [0, 0.05) is 23.9 Å². The summed E-state index contributed by atoms with van der Waals surface area (Å²) in [6.45, 7) is 8.83. The monoisotopic (exact) mass is 489 g/mol. The Hall–Kier alpha value is -2.48. The summed E-state index contributed by atoms with van der Waals surface area (Å²) in [4.78, 5) is 29.3. The van der Waals surface area contributed by atoms with E-state index in [1.807, 2.05) is 0 Å². The second-order valence-corrected chi connectivity index (χ2v) is 11.5. The van der Waals surface area contributed by atoms with E-state index in [4.69, 9.17) is 4.74 Å². The van der Waals surface area contributed by atoms with Crippen molar-refractivity contribution in [2.24, 2.45) is 11.3 Å². The van der Waals surface area contributed by atoms with Gasteiger partial charge in [-0.15, -0.1) is 11.3 Å². The van der Waals surface area contributed by atoms with Crippen LogP contribution in [-0.4, -0.2) is 28.9 Å². The lowest BCUT2D eigenvalue weighted by molar-refractivity contribution is -0.123. The van der Waals surface area contributed by atoms with E-state index in [9.17, 15) is 14.0 Å². The molecule has 1 aliphatic carbocycles. The van der Waals surface area contributed by atoms with Crippen molar-refractivity contribution in [2.45, 2.75) is 84.9 Å². The number of carbonyl (C=O) groups excluding carboxylic acids is 2. The molecule has 1 aliphatic rings. The quantitative estimate of drug-likeness (QED) is 0.489. The first-order valence-electron chi connectivity index (χ1n) is 12.0. The van der Waals surface area contributed by atoms with E-state index in [0.29, 0.717) is 23.0 Å². The van der Waals surface area contributed by atoms with Crippen LogP contribution in [0, 0.1) is 17.2 Å². The van der Waals surface area contributed by atoms with Crippen LogP contribution < -0.4 is 15.4 Å². The molecule has 34 heavy (non-hydrogen) atoms. The van der Waals surface area contributed by atoms with Crippen molar-refractivity contribution >= 4 is 23.2 Å². The Morgan fingerprint density at radius 2 is 1.79 bits per heavy atom. The van der Waals surface area contributed by atoms with Crippen LogP contribution in [0.4, 0.5) is 4.39 Å². The number of benzene rings is 1. The van der Waals surface area contributed by atoms with Crippen LogP contribution in [0.3, 0.4) is 0 Å². The third-order valence-corrected chi connectivity index (χ3v) is 6.72. The molecule has 8 heteroatoms. The molecule has 1 heterocycles. The standard InChI is InChI=1S/C26H36FN3O3S/c1-17(14-26(2,3)4)13-23(31)28-18-9-11-19(12-10-18)29-25(32)21-16-34-24(30-21)15-33-22-8-6-5-7-20(22)27/h5-8,16-19H,9-15H2,1-4H3,(H,28,31)(H,29,32)/t17-,18?,19?/m0/s1. The number of carbonyl (C=O) groups is 2. The number of aromatic nitrogens is 1. The molecule has 2 N–H and O–H groups in total. The highest BCUT2D eigenvalue weighted by atomic mass is 32.1. The van der Waals surface area contributed by atoms with Gasteiger partial charge in [-0.3, -0.25) is 9.59 Å². The second kappa shape index (κ2) is 11.8. The Kier molecular flexibility index (Phi) is 9.05. The van der Waals surface area contributed by atoms with Gasteiger partial charge >= 0.3 is 0 Å². The lowest BCUT2D eigenvalue weighted by Gasteiger charge is -2.30. The lowest BCUT2D eigenvalue weighted by atomic mass is 9.84. The number of nitrogens with zero attached hydrogens (tertiary/aromatic N) is 1. The molecular formula is C26H36FN3O3S. The van der Waals surface area contributed by atoms with Gasteiger partial charge in [-0.1, -0.05) is 39.8 Å². The molecule has 1 aromatic carbocycles. The van der Waals surface area contributed by atoms with Crippen LogP contribution in [-0.2, 0) is 11.4 Å². The predicted octanol–water partition coefficient (Wildman–Crippen LogP) is 5.48. The molecule has 0 aliphatic heterocycles. The van der Waals surface area contributed by atoms with Crippen molar-refractivity contribution in [1.82, 2.24) is 15.6 Å². The molecule has 1 saturated carbocycles. The Morgan fingerprint density at radius 1 is 1.15 bits per heavy atom. The molecule has 1 atom stereocenters. The molecule has 186 valence electrons. The van der Waals surface area contributed by atoms with E-state index in [-0.39, 0.29) is 41.7 Å². The highest BCUT2D eigenvalue weighted by molar-refractivity contribution is 7.09. The molecule has 1 aromatic heterocycles. The summed E-state index contributed by atoms with van der Waals surface area (Å²) in [6, 6.07) is 6.44. The van der Waals surface area contributed by atoms with Crippen molar-refractivity contribution in [3.05, 3.63) is 46.2 Å². The molecule has 0 radical (unpaired) electrons. The number of nitrogens with one attached hydrogen (secondary N) is 2. The normalized spacial score (nSPS) is 19.3. The number of rotatable bonds is 9. The Morgan fingerprint density at radius 3 is 2.44 bits per heavy atom. The van der Waals surface area contributed by atoms with Gasteiger partial charge in [-0.2, -0.15) is 0 Å². The summed E-state index contributed by atoms with van der Waals surface area (Å²) in [5, 5.41) is 8.53. The van der Waals surface area contributed by atoms with E-state index in [1.54, 1.807) is 23.6 Å². The smallest absolute Gasteiger partial charge is 0.270 e. The molecule has 1 fully saturated rings. The maximum absolute atomic E-state index is 13.7. The van der Waals surface area contributed by atoms with Crippen LogP contribution in [0.2, 0.25) is 0 Å². The van der Waals surface area contributed by atoms with Crippen molar-refractivity contribution in [2.75, 3.05) is 0 Å². The molecule has 0 bridgehead atoms. The fourth-order valence-electron chi connectivity index (χ4n) is 4.54. The van der Waals surface area contributed by atoms with Crippen molar-refractivity contribution in [3.8, 4) is 5.75 Å². The highest BCUT2D eigenvalue weighted by Gasteiger charge is 2.25. The fourth-order valence-corrected chi connectivity index (χ4v) is 5.23. The molecule has 6 nitrogen and oxygen atoms in total. The van der Waals surface area contributed by atoms with Crippen LogP contribution in [0.5, 0.6) is 5.75 Å².